The third kappa shape index (κ3) is 2.25. The molecule has 1 amide bonds. The molecule has 0 fully saturated rings. The van der Waals surface area contributed by atoms with Crippen molar-refractivity contribution in [2.75, 3.05) is 12.4 Å². The van der Waals surface area contributed by atoms with E-state index >= 15 is 0 Å². The van der Waals surface area contributed by atoms with Crippen LogP contribution in [0.1, 0.15) is 15.9 Å². The second-order valence-electron chi connectivity index (χ2n) is 4.93. The summed E-state index contributed by atoms with van der Waals surface area (Å²) in [5.74, 6) is 0.343. The molecule has 0 saturated carbocycles. The molecular weight excluding hydrogens is 262 g/mol. The zero-order valence-corrected chi connectivity index (χ0v) is 11.8. The van der Waals surface area contributed by atoms with Gasteiger partial charge in [0.1, 0.15) is 5.82 Å². The van der Waals surface area contributed by atoms with Gasteiger partial charge < -0.3 is 15.6 Å². The molecule has 0 bridgehead atoms. The zero-order valence-electron chi connectivity index (χ0n) is 11.8. The first kappa shape index (κ1) is 13.2. The van der Waals surface area contributed by atoms with E-state index in [2.05, 4.69) is 22.0 Å². The van der Waals surface area contributed by atoms with Crippen molar-refractivity contribution >= 4 is 22.6 Å². The summed E-state index contributed by atoms with van der Waals surface area (Å²) in [7, 11) is 1.81. The first-order valence-corrected chi connectivity index (χ1v) is 6.85. The first-order valence-electron chi connectivity index (χ1n) is 6.85. The van der Waals surface area contributed by atoms with E-state index in [0.29, 0.717) is 12.1 Å². The maximum Gasteiger partial charge on any atom is 0.253 e. The van der Waals surface area contributed by atoms with Crippen molar-refractivity contribution < 1.29 is 4.79 Å². The Labute approximate surface area is 123 Å². The van der Waals surface area contributed by atoms with Crippen molar-refractivity contribution in [2.45, 2.75) is 6.54 Å². The number of carbonyl (C=O) groups excluding carboxylic acids is 1. The Morgan fingerprint density at radius 1 is 1.10 bits per heavy atom. The fourth-order valence-corrected chi connectivity index (χ4v) is 2.74. The summed E-state index contributed by atoms with van der Waals surface area (Å²) >= 11 is 0. The Hall–Kier alpha value is -2.75. The van der Waals surface area contributed by atoms with Gasteiger partial charge in [0, 0.05) is 19.0 Å². The SMILES string of the molecule is CNc1c(C(N)=O)c2ccccc2n1Cc1ccccc1. The summed E-state index contributed by atoms with van der Waals surface area (Å²) in [6.45, 7) is 0.685. The normalized spacial score (nSPS) is 10.7. The first-order chi connectivity index (χ1) is 10.2. The minimum absolute atomic E-state index is 0.414. The highest BCUT2D eigenvalue weighted by Gasteiger charge is 2.19. The van der Waals surface area contributed by atoms with Gasteiger partial charge in [-0.05, 0) is 11.6 Å². The van der Waals surface area contributed by atoms with Crippen LogP contribution in [0.3, 0.4) is 0 Å². The average Bonchev–Trinajstić information content (AvgIpc) is 2.82. The Morgan fingerprint density at radius 3 is 2.43 bits per heavy atom. The number of nitrogens with zero attached hydrogens (tertiary/aromatic N) is 1. The number of para-hydroxylation sites is 1. The van der Waals surface area contributed by atoms with Crippen molar-refractivity contribution in [3.8, 4) is 0 Å². The van der Waals surface area contributed by atoms with Crippen LogP contribution < -0.4 is 11.1 Å². The number of nitrogens with one attached hydrogen (secondary N) is 1. The minimum atomic E-state index is -0.414. The molecule has 2 aromatic carbocycles. The van der Waals surface area contributed by atoms with Gasteiger partial charge in [-0.1, -0.05) is 48.5 Å². The van der Waals surface area contributed by atoms with E-state index in [-0.39, 0.29) is 0 Å². The van der Waals surface area contributed by atoms with E-state index in [1.165, 1.54) is 5.56 Å². The van der Waals surface area contributed by atoms with Gasteiger partial charge in [0.15, 0.2) is 0 Å². The van der Waals surface area contributed by atoms with Gasteiger partial charge in [-0.2, -0.15) is 0 Å². The molecule has 3 aromatic rings. The predicted octanol–water partition coefficient (Wildman–Crippen LogP) is 2.83. The molecule has 0 saturated heterocycles. The largest absolute Gasteiger partial charge is 0.374 e. The van der Waals surface area contributed by atoms with Crippen LogP contribution in [-0.4, -0.2) is 17.5 Å². The topological polar surface area (TPSA) is 60.0 Å². The number of fused-ring (bicyclic) bond motifs is 1. The number of rotatable bonds is 4. The Bertz CT molecular complexity index is 790. The molecule has 0 atom stereocenters. The van der Waals surface area contributed by atoms with E-state index < -0.39 is 5.91 Å². The summed E-state index contributed by atoms with van der Waals surface area (Å²) in [6.07, 6.45) is 0. The van der Waals surface area contributed by atoms with E-state index in [0.717, 1.165) is 16.7 Å². The molecule has 0 aliphatic heterocycles. The van der Waals surface area contributed by atoms with E-state index in [1.807, 2.05) is 49.5 Å². The maximum atomic E-state index is 11.8. The number of hydrogen-bond acceptors (Lipinski definition) is 2. The van der Waals surface area contributed by atoms with Crippen LogP contribution in [0.2, 0.25) is 0 Å². The highest BCUT2D eigenvalue weighted by atomic mass is 16.1. The van der Waals surface area contributed by atoms with Crippen LogP contribution in [0.4, 0.5) is 5.82 Å². The molecule has 0 unspecified atom stereocenters. The van der Waals surface area contributed by atoms with Crippen LogP contribution >= 0.6 is 0 Å². The predicted molar refractivity (Wildman–Crippen MR) is 85.5 cm³/mol. The van der Waals surface area contributed by atoms with Crippen molar-refractivity contribution in [1.82, 2.24) is 4.57 Å². The molecule has 3 N–H and O–H groups in total. The number of carbonyl (C=O) groups is 1. The highest BCUT2D eigenvalue weighted by molar-refractivity contribution is 6.11. The highest BCUT2D eigenvalue weighted by Crippen LogP contribution is 2.30. The fourth-order valence-electron chi connectivity index (χ4n) is 2.74. The third-order valence-electron chi connectivity index (χ3n) is 3.64. The van der Waals surface area contributed by atoms with Crippen LogP contribution in [-0.2, 0) is 6.54 Å². The van der Waals surface area contributed by atoms with Gasteiger partial charge in [0.05, 0.1) is 11.1 Å². The number of hydrogen-bond donors (Lipinski definition) is 2. The molecule has 21 heavy (non-hydrogen) atoms. The van der Waals surface area contributed by atoms with E-state index in [9.17, 15) is 4.79 Å². The molecule has 1 aromatic heterocycles. The monoisotopic (exact) mass is 279 g/mol. The number of amides is 1. The Morgan fingerprint density at radius 2 is 1.76 bits per heavy atom. The van der Waals surface area contributed by atoms with Crippen molar-refractivity contribution in [3.05, 3.63) is 65.7 Å². The number of nitrogens with two attached hydrogens (primary N) is 1. The average molecular weight is 279 g/mol. The van der Waals surface area contributed by atoms with Crippen molar-refractivity contribution in [3.63, 3.8) is 0 Å². The minimum Gasteiger partial charge on any atom is -0.374 e. The summed E-state index contributed by atoms with van der Waals surface area (Å²) in [6, 6.07) is 18.0. The molecule has 4 heteroatoms. The van der Waals surface area contributed by atoms with Gasteiger partial charge in [0.2, 0.25) is 0 Å². The van der Waals surface area contributed by atoms with Crippen molar-refractivity contribution in [2.24, 2.45) is 5.73 Å². The second-order valence-corrected chi connectivity index (χ2v) is 4.93. The molecular formula is C17H17N3O. The quantitative estimate of drug-likeness (QED) is 0.771. The standard InChI is InChI=1S/C17H17N3O/c1-19-17-15(16(18)21)13-9-5-6-10-14(13)20(17)11-12-7-3-2-4-8-12/h2-10,19H,11H2,1H3,(H2,18,21). The number of primary amides is 1. The Kier molecular flexibility index (Phi) is 3.36. The Balaban J connectivity index is 2.23. The molecule has 0 aliphatic carbocycles. The van der Waals surface area contributed by atoms with Crippen LogP contribution in [0, 0.1) is 0 Å². The molecule has 0 aliphatic rings. The van der Waals surface area contributed by atoms with Crippen LogP contribution in [0.5, 0.6) is 0 Å². The molecule has 106 valence electrons. The van der Waals surface area contributed by atoms with Gasteiger partial charge in [-0.15, -0.1) is 0 Å². The van der Waals surface area contributed by atoms with E-state index in [1.54, 1.807) is 0 Å². The van der Waals surface area contributed by atoms with Gasteiger partial charge in [-0.25, -0.2) is 0 Å². The van der Waals surface area contributed by atoms with Gasteiger partial charge >= 0.3 is 0 Å². The number of aromatic nitrogens is 1. The molecule has 0 radical (unpaired) electrons. The molecule has 4 nitrogen and oxygen atoms in total. The second kappa shape index (κ2) is 5.32. The number of anilines is 1. The maximum absolute atomic E-state index is 11.8. The summed E-state index contributed by atoms with van der Waals surface area (Å²) < 4.78 is 2.09. The van der Waals surface area contributed by atoms with Crippen LogP contribution in [0.15, 0.2) is 54.6 Å². The smallest absolute Gasteiger partial charge is 0.253 e. The van der Waals surface area contributed by atoms with E-state index in [4.69, 9.17) is 5.73 Å². The lowest BCUT2D eigenvalue weighted by molar-refractivity contribution is 0.100. The lowest BCUT2D eigenvalue weighted by Crippen LogP contribution is -2.14. The molecule has 3 rings (SSSR count). The summed E-state index contributed by atoms with van der Waals surface area (Å²) in [5.41, 5.74) is 8.29. The third-order valence-corrected chi connectivity index (χ3v) is 3.64. The van der Waals surface area contributed by atoms with Gasteiger partial charge in [0.25, 0.3) is 5.91 Å². The van der Waals surface area contributed by atoms with Gasteiger partial charge in [-0.3, -0.25) is 4.79 Å². The summed E-state index contributed by atoms with van der Waals surface area (Å²) in [4.78, 5) is 11.8. The van der Waals surface area contributed by atoms with Crippen molar-refractivity contribution in [1.29, 1.82) is 0 Å². The fraction of sp³-hybridized carbons (Fsp3) is 0.118. The van der Waals surface area contributed by atoms with Crippen LogP contribution in [0.25, 0.3) is 10.9 Å². The number of benzene rings is 2. The molecule has 1 heterocycles. The zero-order chi connectivity index (χ0) is 14.8. The lowest BCUT2D eigenvalue weighted by atomic mass is 10.1. The molecule has 0 spiro atoms. The summed E-state index contributed by atoms with van der Waals surface area (Å²) in [5, 5.41) is 4.00. The lowest BCUT2D eigenvalue weighted by Gasteiger charge is -2.11.